The van der Waals surface area contributed by atoms with Gasteiger partial charge in [0.05, 0.1) is 6.54 Å². The van der Waals surface area contributed by atoms with Crippen molar-refractivity contribution in [3.63, 3.8) is 0 Å². The lowest BCUT2D eigenvalue weighted by atomic mass is 9.92. The fourth-order valence-corrected chi connectivity index (χ4v) is 1.98. The molecule has 4 nitrogen and oxygen atoms in total. The number of likely N-dealkylation sites (tertiary alicyclic amines) is 1. The van der Waals surface area contributed by atoms with Crippen molar-refractivity contribution in [2.45, 2.75) is 45.1 Å². The van der Waals surface area contributed by atoms with Gasteiger partial charge in [-0.25, -0.2) is 13.6 Å². The van der Waals surface area contributed by atoms with E-state index in [1.165, 1.54) is 4.90 Å². The number of amides is 1. The van der Waals surface area contributed by atoms with Gasteiger partial charge in [-0.2, -0.15) is 0 Å². The highest BCUT2D eigenvalue weighted by atomic mass is 19.3. The Kier molecular flexibility index (Phi) is 4.53. The molecule has 1 saturated heterocycles. The number of hydrogen-bond acceptors (Lipinski definition) is 3. The molecule has 1 heterocycles. The maximum Gasteiger partial charge on any atom is 0.410 e. The number of halogens is 2. The highest BCUT2D eigenvalue weighted by Crippen LogP contribution is 2.31. The predicted molar refractivity (Wildman–Crippen MR) is 64.5 cm³/mol. The molecule has 1 fully saturated rings. The summed E-state index contributed by atoms with van der Waals surface area (Å²) in [7, 11) is 0. The van der Waals surface area contributed by atoms with Crippen LogP contribution in [0.4, 0.5) is 13.6 Å². The van der Waals surface area contributed by atoms with Gasteiger partial charge in [0.2, 0.25) is 0 Å². The summed E-state index contributed by atoms with van der Waals surface area (Å²) in [5.74, 6) is -3.79. The molecule has 0 spiro atoms. The number of piperidine rings is 1. The van der Waals surface area contributed by atoms with Crippen molar-refractivity contribution in [2.24, 2.45) is 11.7 Å². The largest absolute Gasteiger partial charge is 0.444 e. The van der Waals surface area contributed by atoms with Gasteiger partial charge >= 0.3 is 6.09 Å². The minimum Gasteiger partial charge on any atom is -0.444 e. The fraction of sp³-hybridized carbons (Fsp3) is 0.917. The Bertz CT molecular complexity index is 303. The van der Waals surface area contributed by atoms with E-state index in [0.717, 1.165) is 0 Å². The van der Waals surface area contributed by atoms with Crippen LogP contribution in [0.5, 0.6) is 0 Å². The van der Waals surface area contributed by atoms with Crippen molar-refractivity contribution in [1.82, 2.24) is 4.90 Å². The fourth-order valence-electron chi connectivity index (χ4n) is 1.98. The van der Waals surface area contributed by atoms with Gasteiger partial charge in [-0.05, 0) is 33.6 Å². The zero-order valence-electron chi connectivity index (χ0n) is 11.2. The van der Waals surface area contributed by atoms with Crippen LogP contribution in [0.15, 0.2) is 0 Å². The van der Waals surface area contributed by atoms with Gasteiger partial charge in [-0.15, -0.1) is 0 Å². The standard InChI is InChI=1S/C12H22F2N2O2/c1-11(2,3)18-10(17)16-6-4-5-9(7-16)12(13,14)8-15/h9H,4-8,15H2,1-3H3. The van der Waals surface area contributed by atoms with Crippen LogP contribution in [0.3, 0.4) is 0 Å². The zero-order chi connectivity index (χ0) is 14.0. The first-order chi connectivity index (χ1) is 8.15. The number of hydrogen-bond donors (Lipinski definition) is 1. The number of carbonyl (C=O) groups is 1. The molecule has 1 unspecified atom stereocenters. The second-order valence-electron chi connectivity index (χ2n) is 5.73. The molecular weight excluding hydrogens is 242 g/mol. The summed E-state index contributed by atoms with van der Waals surface area (Å²) < 4.78 is 32.2. The first-order valence-electron chi connectivity index (χ1n) is 6.21. The van der Waals surface area contributed by atoms with Gasteiger partial charge in [0.15, 0.2) is 0 Å². The molecular formula is C12H22F2N2O2. The summed E-state index contributed by atoms with van der Waals surface area (Å²) in [6.07, 6.45) is 0.420. The summed E-state index contributed by atoms with van der Waals surface area (Å²) in [4.78, 5) is 13.2. The zero-order valence-corrected chi connectivity index (χ0v) is 11.2. The third-order valence-electron chi connectivity index (χ3n) is 2.94. The Morgan fingerprint density at radius 2 is 2.06 bits per heavy atom. The lowest BCUT2D eigenvalue weighted by molar-refractivity contribution is -0.0750. The Morgan fingerprint density at radius 1 is 1.44 bits per heavy atom. The predicted octanol–water partition coefficient (Wildman–Crippen LogP) is 2.23. The van der Waals surface area contributed by atoms with Gasteiger partial charge in [0.25, 0.3) is 5.92 Å². The Labute approximate surface area is 106 Å². The van der Waals surface area contributed by atoms with Gasteiger partial charge in [0.1, 0.15) is 5.60 Å². The molecule has 0 aromatic carbocycles. The van der Waals surface area contributed by atoms with Gasteiger partial charge in [-0.3, -0.25) is 0 Å². The van der Waals surface area contributed by atoms with E-state index in [1.54, 1.807) is 20.8 Å². The number of ether oxygens (including phenoxy) is 1. The smallest absolute Gasteiger partial charge is 0.410 e. The average Bonchev–Trinajstić information content (AvgIpc) is 2.27. The summed E-state index contributed by atoms with van der Waals surface area (Å²) >= 11 is 0. The van der Waals surface area contributed by atoms with E-state index in [4.69, 9.17) is 10.5 Å². The summed E-state index contributed by atoms with van der Waals surface area (Å²) in [5.41, 5.74) is 4.47. The van der Waals surface area contributed by atoms with Crippen LogP contribution in [-0.4, -0.2) is 42.2 Å². The number of nitrogens with two attached hydrogens (primary N) is 1. The minimum atomic E-state index is -2.92. The van der Waals surface area contributed by atoms with E-state index >= 15 is 0 Å². The summed E-state index contributed by atoms with van der Waals surface area (Å²) in [6.45, 7) is 5.05. The van der Waals surface area contributed by atoms with Crippen molar-refractivity contribution in [1.29, 1.82) is 0 Å². The summed E-state index contributed by atoms with van der Waals surface area (Å²) in [5, 5.41) is 0. The second kappa shape index (κ2) is 5.38. The third kappa shape index (κ3) is 4.08. The molecule has 1 aliphatic heterocycles. The minimum absolute atomic E-state index is 0.0130. The van der Waals surface area contributed by atoms with E-state index in [2.05, 4.69) is 0 Å². The number of carbonyl (C=O) groups excluding carboxylic acids is 1. The van der Waals surface area contributed by atoms with E-state index in [1.807, 2.05) is 0 Å². The van der Waals surface area contributed by atoms with E-state index in [9.17, 15) is 13.6 Å². The first-order valence-corrected chi connectivity index (χ1v) is 6.21. The molecule has 0 aliphatic carbocycles. The topological polar surface area (TPSA) is 55.6 Å². The van der Waals surface area contributed by atoms with Crippen molar-refractivity contribution in [3.8, 4) is 0 Å². The normalized spacial score (nSPS) is 21.9. The maximum absolute atomic E-state index is 13.5. The SMILES string of the molecule is CC(C)(C)OC(=O)N1CCCC(C(F)(F)CN)C1. The molecule has 1 atom stereocenters. The van der Waals surface area contributed by atoms with Crippen LogP contribution in [0.1, 0.15) is 33.6 Å². The molecule has 0 radical (unpaired) electrons. The Balaban J connectivity index is 2.61. The van der Waals surface area contributed by atoms with Crippen LogP contribution in [0.25, 0.3) is 0 Å². The molecule has 0 saturated carbocycles. The lowest BCUT2D eigenvalue weighted by Crippen LogP contribution is -2.49. The van der Waals surface area contributed by atoms with Gasteiger partial charge < -0.3 is 15.4 Å². The lowest BCUT2D eigenvalue weighted by Gasteiger charge is -2.36. The Hall–Kier alpha value is -0.910. The van der Waals surface area contributed by atoms with Crippen LogP contribution >= 0.6 is 0 Å². The first kappa shape index (κ1) is 15.1. The molecule has 106 valence electrons. The second-order valence-corrected chi connectivity index (χ2v) is 5.73. The maximum atomic E-state index is 13.5. The van der Waals surface area contributed by atoms with E-state index in [0.29, 0.717) is 19.4 Å². The van der Waals surface area contributed by atoms with E-state index < -0.39 is 30.1 Å². The van der Waals surface area contributed by atoms with Crippen molar-refractivity contribution < 1.29 is 18.3 Å². The molecule has 1 rings (SSSR count). The third-order valence-corrected chi connectivity index (χ3v) is 2.94. The van der Waals surface area contributed by atoms with Crippen molar-refractivity contribution in [3.05, 3.63) is 0 Å². The molecule has 0 aromatic heterocycles. The van der Waals surface area contributed by atoms with Crippen molar-refractivity contribution in [2.75, 3.05) is 19.6 Å². The number of rotatable bonds is 2. The van der Waals surface area contributed by atoms with Crippen LogP contribution in [0, 0.1) is 5.92 Å². The molecule has 6 heteroatoms. The van der Waals surface area contributed by atoms with Gasteiger partial charge in [0, 0.05) is 19.0 Å². The molecule has 18 heavy (non-hydrogen) atoms. The summed E-state index contributed by atoms with van der Waals surface area (Å²) in [6, 6.07) is 0. The number of alkyl halides is 2. The average molecular weight is 264 g/mol. The van der Waals surface area contributed by atoms with Crippen molar-refractivity contribution >= 4 is 6.09 Å². The van der Waals surface area contributed by atoms with Crippen LogP contribution < -0.4 is 5.73 Å². The van der Waals surface area contributed by atoms with Gasteiger partial charge in [-0.1, -0.05) is 0 Å². The molecule has 0 bridgehead atoms. The highest BCUT2D eigenvalue weighted by molar-refractivity contribution is 5.68. The quantitative estimate of drug-likeness (QED) is 0.832. The molecule has 1 amide bonds. The molecule has 2 N–H and O–H groups in total. The van der Waals surface area contributed by atoms with Crippen LogP contribution in [0.2, 0.25) is 0 Å². The Morgan fingerprint density at radius 3 is 2.56 bits per heavy atom. The van der Waals surface area contributed by atoms with Crippen LogP contribution in [-0.2, 0) is 4.74 Å². The monoisotopic (exact) mass is 264 g/mol. The highest BCUT2D eigenvalue weighted by Gasteiger charge is 2.41. The molecule has 0 aromatic rings. The van der Waals surface area contributed by atoms with E-state index in [-0.39, 0.29) is 6.54 Å². The molecule has 1 aliphatic rings. The number of nitrogens with zero attached hydrogens (tertiary/aromatic N) is 1.